The van der Waals surface area contributed by atoms with E-state index in [-0.39, 0.29) is 5.91 Å². The van der Waals surface area contributed by atoms with Gasteiger partial charge in [0.1, 0.15) is 6.66 Å². The molecule has 1 amide bonds. The van der Waals surface area contributed by atoms with Crippen LogP contribution in [0.2, 0.25) is 0 Å². The lowest BCUT2D eigenvalue weighted by atomic mass is 10.5. The molecule has 0 spiro atoms. The second-order valence-electron chi connectivity index (χ2n) is 2.60. The smallest absolute Gasteiger partial charge is 0.356 e. The van der Waals surface area contributed by atoms with Crippen molar-refractivity contribution in [3.63, 3.8) is 0 Å². The van der Waals surface area contributed by atoms with Gasteiger partial charge in [0, 0.05) is 13.1 Å². The minimum Gasteiger partial charge on any atom is -0.356 e. The molecule has 82 valence electrons. The molecule has 6 heteroatoms. The second-order valence-corrected chi connectivity index (χ2v) is 5.05. The van der Waals surface area contributed by atoms with Crippen molar-refractivity contribution in [1.29, 1.82) is 0 Å². The van der Waals surface area contributed by atoms with E-state index in [4.69, 9.17) is 13.6 Å². The number of carbonyl (C=O) groups is 1. The summed E-state index contributed by atoms with van der Waals surface area (Å²) in [6, 6.07) is 0. The molecule has 14 heavy (non-hydrogen) atoms. The molecule has 0 heterocycles. The molecule has 0 aliphatic carbocycles. The fourth-order valence-electron chi connectivity index (χ4n) is 0.694. The van der Waals surface area contributed by atoms with E-state index in [0.29, 0.717) is 5.76 Å². The molecule has 0 rings (SSSR count). The van der Waals surface area contributed by atoms with Crippen molar-refractivity contribution in [1.82, 2.24) is 5.32 Å². The molecule has 0 fully saturated rings. The van der Waals surface area contributed by atoms with Crippen molar-refractivity contribution in [3.05, 3.63) is 11.8 Å². The van der Waals surface area contributed by atoms with E-state index < -0.39 is 7.94 Å². The fourth-order valence-corrected chi connectivity index (χ4v) is 1.57. The Morgan fingerprint density at radius 1 is 1.36 bits per heavy atom. The topological polar surface area (TPSA) is 56.8 Å². The Bertz CT molecular complexity index is 225. The van der Waals surface area contributed by atoms with Crippen LogP contribution in [0.1, 0.15) is 6.92 Å². The van der Waals surface area contributed by atoms with Crippen molar-refractivity contribution in [3.8, 4) is 0 Å². The molecule has 1 N–H and O–H groups in total. The number of hydrogen-bond donors (Lipinski definition) is 1. The molecular weight excluding hydrogens is 205 g/mol. The van der Waals surface area contributed by atoms with E-state index in [1.54, 1.807) is 20.6 Å². The highest BCUT2D eigenvalue weighted by Crippen LogP contribution is 2.58. The van der Waals surface area contributed by atoms with Gasteiger partial charge in [-0.05, 0) is 6.92 Å². The third kappa shape index (κ3) is 4.56. The minimum atomic E-state index is -2.30. The molecule has 0 bridgehead atoms. The van der Waals surface area contributed by atoms with Gasteiger partial charge in [-0.25, -0.2) is 0 Å². The van der Waals surface area contributed by atoms with Crippen molar-refractivity contribution in [2.45, 2.75) is 6.92 Å². The lowest BCUT2D eigenvalue weighted by Crippen LogP contribution is -2.15. The standard InChI is InChI=1S/C8H16NO4P/c1-7(6-8(10)9-2)13-14(5,11-3)12-4/h6H,1-5H3/p+1/b7-6-. The van der Waals surface area contributed by atoms with Gasteiger partial charge < -0.3 is 5.32 Å². The molecule has 0 atom stereocenters. The minimum absolute atomic E-state index is 0.221. The molecule has 0 aromatic rings. The normalized spacial score (nSPS) is 12.5. The van der Waals surface area contributed by atoms with Crippen LogP contribution < -0.4 is 5.32 Å². The fraction of sp³-hybridized carbons (Fsp3) is 0.625. The Kier molecular flexibility index (Phi) is 5.69. The summed E-state index contributed by atoms with van der Waals surface area (Å²) in [5, 5.41) is 2.45. The number of hydrogen-bond acceptors (Lipinski definition) is 4. The summed E-state index contributed by atoms with van der Waals surface area (Å²) in [6.07, 6.45) is 1.34. The van der Waals surface area contributed by atoms with E-state index in [0.717, 1.165) is 0 Å². The molecule has 0 radical (unpaired) electrons. The van der Waals surface area contributed by atoms with Gasteiger partial charge in [-0.3, -0.25) is 9.32 Å². The Labute approximate surface area is 85.0 Å². The van der Waals surface area contributed by atoms with Gasteiger partial charge >= 0.3 is 7.94 Å². The van der Waals surface area contributed by atoms with Gasteiger partial charge in [0.15, 0.2) is 5.76 Å². The molecule has 0 saturated heterocycles. The van der Waals surface area contributed by atoms with Crippen LogP contribution in [0.3, 0.4) is 0 Å². The Balaban J connectivity index is 4.36. The molecular formula is C8H17NO4P+. The van der Waals surface area contributed by atoms with Gasteiger partial charge in [0.25, 0.3) is 0 Å². The highest BCUT2D eigenvalue weighted by atomic mass is 31.2. The summed E-state index contributed by atoms with van der Waals surface area (Å²) in [4.78, 5) is 10.9. The van der Waals surface area contributed by atoms with E-state index in [2.05, 4.69) is 5.32 Å². The van der Waals surface area contributed by atoms with Crippen LogP contribution in [0.4, 0.5) is 0 Å². The van der Waals surface area contributed by atoms with E-state index in [1.165, 1.54) is 20.3 Å². The van der Waals surface area contributed by atoms with Crippen LogP contribution in [0.25, 0.3) is 0 Å². The zero-order valence-corrected chi connectivity index (χ0v) is 10.1. The van der Waals surface area contributed by atoms with E-state index >= 15 is 0 Å². The van der Waals surface area contributed by atoms with Crippen molar-refractivity contribution < 1.29 is 18.4 Å². The summed E-state index contributed by atoms with van der Waals surface area (Å²) in [7, 11) is 2.26. The zero-order valence-electron chi connectivity index (χ0n) is 9.16. The maximum atomic E-state index is 10.9. The Morgan fingerprint density at radius 3 is 2.21 bits per heavy atom. The number of rotatable bonds is 5. The summed E-state index contributed by atoms with van der Waals surface area (Å²) in [5.41, 5.74) is 0. The number of nitrogens with one attached hydrogen (secondary N) is 1. The largest absolute Gasteiger partial charge is 0.452 e. The zero-order chi connectivity index (χ0) is 11.2. The Hall–Kier alpha value is -0.640. The summed E-state index contributed by atoms with van der Waals surface area (Å²) in [6.45, 7) is 3.39. The predicted octanol–water partition coefficient (Wildman–Crippen LogP) is 1.34. The van der Waals surface area contributed by atoms with Crippen LogP contribution >= 0.6 is 7.94 Å². The monoisotopic (exact) mass is 222 g/mol. The molecule has 5 nitrogen and oxygen atoms in total. The lowest BCUT2D eigenvalue weighted by molar-refractivity contribution is -0.116. The van der Waals surface area contributed by atoms with Crippen LogP contribution in [-0.4, -0.2) is 33.8 Å². The summed E-state index contributed by atoms with van der Waals surface area (Å²) in [5.74, 6) is 0.241. The van der Waals surface area contributed by atoms with E-state index in [1.807, 2.05) is 0 Å². The van der Waals surface area contributed by atoms with Crippen molar-refractivity contribution in [2.24, 2.45) is 0 Å². The van der Waals surface area contributed by atoms with Crippen LogP contribution in [0.15, 0.2) is 11.8 Å². The van der Waals surface area contributed by atoms with Crippen LogP contribution in [0, 0.1) is 0 Å². The first kappa shape index (κ1) is 13.4. The molecule has 0 aliphatic heterocycles. The van der Waals surface area contributed by atoms with E-state index in [9.17, 15) is 4.79 Å². The SMILES string of the molecule is CNC(=O)/C=C(/C)O[P+](C)(OC)OC. The first-order valence-corrected chi connectivity index (χ1v) is 6.04. The maximum absolute atomic E-state index is 10.9. The van der Waals surface area contributed by atoms with Crippen LogP contribution in [0.5, 0.6) is 0 Å². The average Bonchev–Trinajstić information content (AvgIpc) is 2.17. The Morgan fingerprint density at radius 2 is 1.86 bits per heavy atom. The van der Waals surface area contributed by atoms with Gasteiger partial charge in [-0.1, -0.05) is 0 Å². The second kappa shape index (κ2) is 5.96. The highest BCUT2D eigenvalue weighted by molar-refractivity contribution is 7.60. The average molecular weight is 222 g/mol. The molecule has 0 unspecified atom stereocenters. The third-order valence-corrected chi connectivity index (χ3v) is 3.50. The first-order valence-electron chi connectivity index (χ1n) is 4.05. The van der Waals surface area contributed by atoms with Gasteiger partial charge in [0.2, 0.25) is 5.91 Å². The van der Waals surface area contributed by atoms with Crippen molar-refractivity contribution in [2.75, 3.05) is 27.9 Å². The van der Waals surface area contributed by atoms with Gasteiger partial charge in [0.05, 0.1) is 14.2 Å². The summed E-state index contributed by atoms with van der Waals surface area (Å²) < 4.78 is 15.5. The predicted molar refractivity (Wildman–Crippen MR) is 55.8 cm³/mol. The first-order chi connectivity index (χ1) is 6.47. The quantitative estimate of drug-likeness (QED) is 0.433. The number of likely N-dealkylation sites (N-methyl/N-ethyl adjacent to an activating group) is 1. The molecule has 0 aliphatic rings. The molecule has 0 aromatic heterocycles. The number of allylic oxidation sites excluding steroid dienone is 1. The maximum Gasteiger partial charge on any atom is 0.452 e. The number of carbonyl (C=O) groups excluding carboxylic acids is 1. The lowest BCUT2D eigenvalue weighted by Gasteiger charge is -2.14. The van der Waals surface area contributed by atoms with Crippen molar-refractivity contribution >= 4 is 13.9 Å². The molecule has 0 saturated carbocycles. The van der Waals surface area contributed by atoms with Gasteiger partial charge in [-0.2, -0.15) is 9.05 Å². The number of amides is 1. The highest BCUT2D eigenvalue weighted by Gasteiger charge is 2.37. The van der Waals surface area contributed by atoms with Crippen LogP contribution in [-0.2, 0) is 18.4 Å². The summed E-state index contributed by atoms with van der Waals surface area (Å²) >= 11 is 0. The molecule has 0 aromatic carbocycles. The third-order valence-electron chi connectivity index (χ3n) is 1.55. The van der Waals surface area contributed by atoms with Gasteiger partial charge in [-0.15, -0.1) is 0 Å².